The van der Waals surface area contributed by atoms with Gasteiger partial charge in [0.15, 0.2) is 5.69 Å². The number of carbonyl (C=O) groups is 1. The maximum atomic E-state index is 12.8. The van der Waals surface area contributed by atoms with Crippen molar-refractivity contribution in [1.29, 1.82) is 0 Å². The highest BCUT2D eigenvalue weighted by Gasteiger charge is 2.55. The lowest BCUT2D eigenvalue weighted by atomic mass is 9.85. The highest BCUT2D eigenvalue weighted by Crippen LogP contribution is 2.51. The molecule has 1 saturated heterocycles. The predicted molar refractivity (Wildman–Crippen MR) is 106 cm³/mol. The average molecular weight is 367 g/mol. The summed E-state index contributed by atoms with van der Waals surface area (Å²) in [6.45, 7) is 8.83. The van der Waals surface area contributed by atoms with Gasteiger partial charge in [-0.05, 0) is 48.6 Å². The Hall–Kier alpha value is -1.88. The number of rotatable bonds is 6. The number of likely N-dealkylation sites (tertiary alicyclic amines) is 1. The number of nitrogens with one attached hydrogen (secondary N) is 1. The summed E-state index contributed by atoms with van der Waals surface area (Å²) in [7, 11) is 0. The molecule has 3 heterocycles. The molecule has 27 heavy (non-hydrogen) atoms. The molecule has 5 rings (SSSR count). The van der Waals surface area contributed by atoms with Crippen LogP contribution in [0.4, 0.5) is 0 Å². The van der Waals surface area contributed by atoms with Crippen molar-refractivity contribution in [3.8, 4) is 0 Å². The molecule has 2 aliphatic carbocycles. The van der Waals surface area contributed by atoms with Crippen molar-refractivity contribution < 1.29 is 4.79 Å². The highest BCUT2D eigenvalue weighted by molar-refractivity contribution is 5.99. The van der Waals surface area contributed by atoms with E-state index in [0.717, 1.165) is 35.6 Å². The van der Waals surface area contributed by atoms with Gasteiger partial charge in [0.1, 0.15) is 5.82 Å². The summed E-state index contributed by atoms with van der Waals surface area (Å²) in [6.07, 6.45) is 6.29. The number of fused-ring (bicyclic) bond motifs is 2. The van der Waals surface area contributed by atoms with E-state index in [-0.39, 0.29) is 11.8 Å². The van der Waals surface area contributed by atoms with Gasteiger partial charge in [0, 0.05) is 38.3 Å². The van der Waals surface area contributed by atoms with Crippen molar-refractivity contribution in [2.24, 2.45) is 23.7 Å². The van der Waals surface area contributed by atoms with Gasteiger partial charge >= 0.3 is 0 Å². The fourth-order valence-electron chi connectivity index (χ4n) is 5.16. The first-order chi connectivity index (χ1) is 13.1. The van der Waals surface area contributed by atoms with Gasteiger partial charge in [-0.15, -0.1) is 0 Å². The molecule has 5 nitrogen and oxygen atoms in total. The minimum absolute atomic E-state index is 0.0260. The van der Waals surface area contributed by atoms with Crippen molar-refractivity contribution >= 4 is 11.4 Å². The van der Waals surface area contributed by atoms with Gasteiger partial charge < -0.3 is 14.6 Å². The van der Waals surface area contributed by atoms with Crippen LogP contribution in [0, 0.1) is 23.7 Å². The first kappa shape index (κ1) is 17.2. The molecule has 1 N–H and O–H groups in total. The number of carbonyl (C=O) groups excluding carboxylic acids is 1. The van der Waals surface area contributed by atoms with Crippen LogP contribution in [0.15, 0.2) is 24.4 Å². The van der Waals surface area contributed by atoms with Crippen LogP contribution in [0.1, 0.15) is 55.3 Å². The number of aromatic nitrogens is 2. The van der Waals surface area contributed by atoms with Crippen LogP contribution < -0.4 is 5.32 Å². The van der Waals surface area contributed by atoms with Crippen molar-refractivity contribution in [2.45, 2.75) is 39.0 Å². The van der Waals surface area contributed by atoms with Gasteiger partial charge in [-0.25, -0.2) is 4.98 Å². The van der Waals surface area contributed by atoms with Crippen LogP contribution in [0.3, 0.4) is 0 Å². The van der Waals surface area contributed by atoms with Crippen molar-refractivity contribution in [2.75, 3.05) is 26.2 Å². The second-order valence-corrected chi connectivity index (χ2v) is 9.15. The van der Waals surface area contributed by atoms with Crippen LogP contribution >= 0.6 is 0 Å². The van der Waals surface area contributed by atoms with E-state index in [1.807, 2.05) is 28.8 Å². The number of pyridine rings is 1. The third-order valence-electron chi connectivity index (χ3n) is 6.99. The quantitative estimate of drug-likeness (QED) is 0.854. The number of nitrogens with zero attached hydrogens (tertiary/aromatic N) is 3. The number of piperidine rings is 1. The number of hydrogen-bond donors (Lipinski definition) is 1. The Bertz CT molecular complexity index is 841. The molecule has 144 valence electrons. The lowest BCUT2D eigenvalue weighted by Gasteiger charge is -2.31. The van der Waals surface area contributed by atoms with E-state index in [0.29, 0.717) is 11.6 Å². The molecule has 1 aliphatic heterocycles. The minimum Gasteiger partial charge on any atom is -0.350 e. The molecule has 3 aliphatic rings. The highest BCUT2D eigenvalue weighted by atomic mass is 16.1. The van der Waals surface area contributed by atoms with E-state index >= 15 is 0 Å². The van der Waals surface area contributed by atoms with Gasteiger partial charge in [0.25, 0.3) is 5.91 Å². The van der Waals surface area contributed by atoms with Crippen LogP contribution in [0.2, 0.25) is 0 Å². The monoisotopic (exact) mass is 366 g/mol. The van der Waals surface area contributed by atoms with Gasteiger partial charge in [0.2, 0.25) is 0 Å². The third kappa shape index (κ3) is 3.06. The lowest BCUT2D eigenvalue weighted by molar-refractivity contribution is 0.0945. The van der Waals surface area contributed by atoms with E-state index in [1.165, 1.54) is 38.9 Å². The molecule has 2 saturated carbocycles. The zero-order valence-corrected chi connectivity index (χ0v) is 16.4. The summed E-state index contributed by atoms with van der Waals surface area (Å²) in [6, 6.07) is 5.95. The van der Waals surface area contributed by atoms with E-state index in [1.54, 1.807) is 0 Å². The standard InChI is InChI=1S/C22H30N4O/c1-14(2)21-24-20(19-8-3-4-9-26(19)21)22(27)23-10-16-17-12-25(13-18(16)17)11-15-6-5-7-15/h3-4,8-9,14-18H,5-7,10-13H2,1-2H3,(H,23,27)/t16?,17-,18+. The summed E-state index contributed by atoms with van der Waals surface area (Å²) in [5, 5.41) is 3.18. The number of imidazole rings is 1. The average Bonchev–Trinajstić information content (AvgIpc) is 2.98. The van der Waals surface area contributed by atoms with Gasteiger partial charge in [-0.1, -0.05) is 26.3 Å². The smallest absolute Gasteiger partial charge is 0.272 e. The molecule has 2 aromatic heterocycles. The van der Waals surface area contributed by atoms with Gasteiger partial charge in [-0.3, -0.25) is 4.79 Å². The largest absolute Gasteiger partial charge is 0.350 e. The Morgan fingerprint density at radius 1 is 1.26 bits per heavy atom. The maximum Gasteiger partial charge on any atom is 0.272 e. The Morgan fingerprint density at radius 3 is 2.70 bits per heavy atom. The zero-order chi connectivity index (χ0) is 18.5. The second kappa shape index (κ2) is 6.62. The summed E-state index contributed by atoms with van der Waals surface area (Å²) in [4.78, 5) is 20.1. The Labute approximate surface area is 161 Å². The molecule has 1 unspecified atom stereocenters. The number of hydrogen-bond acceptors (Lipinski definition) is 3. The topological polar surface area (TPSA) is 49.6 Å². The molecular formula is C22H30N4O. The molecule has 0 bridgehead atoms. The van der Waals surface area contributed by atoms with Gasteiger partial charge in [-0.2, -0.15) is 0 Å². The third-order valence-corrected chi connectivity index (χ3v) is 6.99. The Morgan fingerprint density at radius 2 is 2.04 bits per heavy atom. The van der Waals surface area contributed by atoms with E-state index in [4.69, 9.17) is 0 Å². The fraction of sp³-hybridized carbons (Fsp3) is 0.636. The molecule has 3 fully saturated rings. The van der Waals surface area contributed by atoms with Crippen LogP contribution in [0.5, 0.6) is 0 Å². The van der Waals surface area contributed by atoms with Crippen molar-refractivity contribution in [1.82, 2.24) is 19.6 Å². The molecule has 3 atom stereocenters. The summed E-state index contributed by atoms with van der Waals surface area (Å²) in [5.41, 5.74) is 1.47. The fourth-order valence-corrected chi connectivity index (χ4v) is 5.16. The second-order valence-electron chi connectivity index (χ2n) is 9.15. The number of amides is 1. The molecule has 0 radical (unpaired) electrons. The predicted octanol–water partition coefficient (Wildman–Crippen LogP) is 3.17. The summed E-state index contributed by atoms with van der Waals surface area (Å²) in [5.74, 6) is 4.44. The summed E-state index contributed by atoms with van der Waals surface area (Å²) < 4.78 is 2.05. The van der Waals surface area contributed by atoms with E-state index in [2.05, 4.69) is 29.0 Å². The first-order valence-electron chi connectivity index (χ1n) is 10.6. The molecule has 5 heteroatoms. The summed E-state index contributed by atoms with van der Waals surface area (Å²) >= 11 is 0. The molecule has 2 aromatic rings. The van der Waals surface area contributed by atoms with Crippen LogP contribution in [-0.4, -0.2) is 46.4 Å². The molecule has 1 amide bonds. The Balaban J connectivity index is 1.19. The lowest BCUT2D eigenvalue weighted by Crippen LogP contribution is -2.35. The van der Waals surface area contributed by atoms with Crippen molar-refractivity contribution in [3.05, 3.63) is 35.9 Å². The molecule has 0 spiro atoms. The normalized spacial score (nSPS) is 27.7. The maximum absolute atomic E-state index is 12.8. The Kier molecular flexibility index (Phi) is 4.23. The van der Waals surface area contributed by atoms with Gasteiger partial charge in [0.05, 0.1) is 5.52 Å². The minimum atomic E-state index is -0.0260. The molecule has 0 aromatic carbocycles. The SMILES string of the molecule is CC(C)c1nc(C(=O)NCC2[C@H]3CN(CC4CCC4)C[C@@H]23)c2ccccn12. The van der Waals surface area contributed by atoms with E-state index < -0.39 is 0 Å². The first-order valence-corrected chi connectivity index (χ1v) is 10.6. The van der Waals surface area contributed by atoms with E-state index in [9.17, 15) is 4.79 Å². The van der Waals surface area contributed by atoms with Crippen molar-refractivity contribution in [3.63, 3.8) is 0 Å². The van der Waals surface area contributed by atoms with Crippen LogP contribution in [-0.2, 0) is 0 Å². The molecular weight excluding hydrogens is 336 g/mol. The van der Waals surface area contributed by atoms with Crippen LogP contribution in [0.25, 0.3) is 5.52 Å². The zero-order valence-electron chi connectivity index (χ0n) is 16.4.